The van der Waals surface area contributed by atoms with Crippen LogP contribution in [0.25, 0.3) is 0 Å². The average molecular weight is 1170 g/mol. The van der Waals surface area contributed by atoms with Crippen LogP contribution in [0.5, 0.6) is 0 Å². The summed E-state index contributed by atoms with van der Waals surface area (Å²) < 4.78 is 0. The van der Waals surface area contributed by atoms with Crippen LogP contribution in [0.1, 0.15) is 25.7 Å². The largest absolute Gasteiger partial charge is 0.0461 e. The van der Waals surface area contributed by atoms with Gasteiger partial charge in [-0.3, -0.25) is 0 Å². The van der Waals surface area contributed by atoms with Gasteiger partial charge in [0.1, 0.15) is 0 Å². The molecule has 0 aliphatic heterocycles. The van der Waals surface area contributed by atoms with Crippen molar-refractivity contribution in [1.82, 2.24) is 0 Å². The predicted octanol–water partition coefficient (Wildman–Crippen LogP) is 6.80. The van der Waals surface area contributed by atoms with E-state index in [-0.39, 0.29) is 0 Å². The molecule has 0 aromatic carbocycles. The Kier molecular flexibility index (Phi) is 1.20. The van der Waals surface area contributed by atoms with Crippen LogP contribution in [0.4, 0.5) is 0 Å². The van der Waals surface area contributed by atoms with E-state index < -0.39 is 0 Å². The minimum absolute atomic E-state index is 1.07. The molecule has 0 radical (unpaired) electrons. The van der Waals surface area contributed by atoms with E-state index in [0.717, 1.165) is 179 Å². The lowest BCUT2D eigenvalue weighted by atomic mass is 8.19. The van der Waals surface area contributed by atoms with Gasteiger partial charge < -0.3 is 0 Å². The lowest BCUT2D eigenvalue weighted by Crippen LogP contribution is -3.78. The van der Waals surface area contributed by atoms with Gasteiger partial charge in [-0.1, -0.05) is 0 Å². The molecule has 0 aromatic heterocycles. The topological polar surface area (TPSA) is 0 Å². The summed E-state index contributed by atoms with van der Waals surface area (Å²) in [5.41, 5.74) is 66.8. The molecule has 75 aliphatic carbocycles. The second kappa shape index (κ2) is 3.92. The van der Waals surface area contributed by atoms with E-state index in [9.17, 15) is 0 Å². The van der Waals surface area contributed by atoms with Crippen molar-refractivity contribution < 1.29 is 0 Å². The van der Waals surface area contributed by atoms with Crippen molar-refractivity contribution in [1.29, 1.82) is 0 Å². The molecule has 75 rings (SSSR count). The molecule has 75 fully saturated rings. The van der Waals surface area contributed by atoms with Crippen LogP contribution in [0, 0.1) is 503 Å². The lowest BCUT2D eigenvalue weighted by molar-refractivity contribution is -1.18. The molecule has 0 aromatic rings. The summed E-state index contributed by atoms with van der Waals surface area (Å²) in [4.78, 5) is 0. The monoisotopic (exact) mass is 1170 g/mol. The molecule has 90 unspecified atom stereocenters. The quantitative estimate of drug-likeness (QED) is 0.251. The van der Waals surface area contributed by atoms with Gasteiger partial charge in [0.15, 0.2) is 0 Å². The average Bonchev–Trinajstić information content (AvgIpc) is 0.427. The first-order chi connectivity index (χ1) is 46.8. The third-order valence-corrected chi connectivity index (χ3v) is 88.7. The first-order valence-corrected chi connectivity index (χ1v) is 46.8. The van der Waals surface area contributed by atoms with Crippen LogP contribution < -0.4 is 0 Å². The van der Waals surface area contributed by atoms with Crippen molar-refractivity contribution in [3.8, 4) is 0 Å². The maximum Gasteiger partial charge on any atom is -0.000000426 e. The summed E-state index contributed by atoms with van der Waals surface area (Å²) in [6.07, 6.45) is 7.94. The van der Waals surface area contributed by atoms with E-state index in [1.54, 1.807) is 0 Å². The van der Waals surface area contributed by atoms with Crippen molar-refractivity contribution in [2.45, 2.75) is 25.7 Å². The molecule has 0 bridgehead atoms. The Morgan fingerprint density at radius 3 is 0.883 bits per heavy atom. The van der Waals surface area contributed by atoms with Crippen molar-refractivity contribution in [2.75, 3.05) is 0 Å². The Morgan fingerprint density at radius 1 is 0.128 bits per heavy atom. The molecule has 0 N–H and O–H groups in total. The summed E-state index contributed by atoms with van der Waals surface area (Å²) in [5.74, 6) is 46.4. The summed E-state index contributed by atoms with van der Waals surface area (Å²) in [7, 11) is 0. The van der Waals surface area contributed by atoms with E-state index in [0.29, 0.717) is 0 Å². The van der Waals surface area contributed by atoms with Crippen molar-refractivity contribution >= 4 is 0 Å². The summed E-state index contributed by atoms with van der Waals surface area (Å²) in [6, 6.07) is 0. The molecule has 0 heterocycles. The summed E-state index contributed by atoms with van der Waals surface area (Å²) in [6.45, 7) is 0. The van der Waals surface area contributed by atoms with E-state index in [1.807, 2.05) is 19.3 Å². The lowest BCUT2D eigenvalue weighted by Gasteiger charge is -3.82. The third-order valence-electron chi connectivity index (χ3n) is 88.7. The molecule has 75 aliphatic rings. The fraction of sp³-hybridized carbons (Fsp3) is 1.00. The molecule has 0 amide bonds. The minimum Gasteiger partial charge on any atom is -0.0461 e. The second-order valence-electron chi connectivity index (χ2n) is 63.8. The molecular formula is C94H40. The summed E-state index contributed by atoms with van der Waals surface area (Å²) in [5, 5.41) is 0. The van der Waals surface area contributed by atoms with Gasteiger partial charge in [-0.2, -0.15) is 0 Å². The van der Waals surface area contributed by atoms with Gasteiger partial charge in [0, 0.05) is 0 Å². The first kappa shape index (κ1) is 28.8. The zero-order valence-corrected chi connectivity index (χ0v) is 50.3. The van der Waals surface area contributed by atoms with E-state index in [4.69, 9.17) is 0 Å². The van der Waals surface area contributed by atoms with Crippen LogP contribution >= 0.6 is 0 Å². The highest BCUT2D eigenvalue weighted by atomic mass is 15.9. The molecule has 94 heavy (non-hydrogen) atoms. The number of fused-ring (bicyclic) bond motifs is 22. The number of rotatable bonds is 0. The normalized spacial score (nSPS) is 156. The molecule has 75 saturated carbocycles. The van der Waals surface area contributed by atoms with Gasteiger partial charge in [-0.25, -0.2) is 0 Å². The second-order valence-corrected chi connectivity index (χ2v) is 63.8. The highest BCUT2D eigenvalue weighted by molar-refractivity contribution is 6.83. The molecule has 0 saturated heterocycles. The van der Waals surface area contributed by atoms with Crippen molar-refractivity contribution in [2.24, 2.45) is 417 Å². The number of hydrogen-bond donors (Lipinski definition) is 0. The third kappa shape index (κ3) is 0.513. The fourth-order valence-corrected chi connectivity index (χ4v) is 118. The molecule has 0 heteroatoms. The van der Waals surface area contributed by atoms with Crippen LogP contribution in [-0.4, -0.2) is 0 Å². The Bertz CT molecular complexity index is 7890. The van der Waals surface area contributed by atoms with Crippen LogP contribution in [0.3, 0.4) is 0 Å². The van der Waals surface area contributed by atoms with Gasteiger partial charge in [0.25, 0.3) is 0 Å². The fourth-order valence-electron chi connectivity index (χ4n) is 118. The van der Waals surface area contributed by atoms with Gasteiger partial charge in [-0.05, 0) is 529 Å². The number of hydrogen-bond acceptors (Lipinski definition) is 0. The van der Waals surface area contributed by atoms with Gasteiger partial charge in [0.2, 0.25) is 0 Å². The van der Waals surface area contributed by atoms with E-state index in [2.05, 4.69) is 6.42 Å². The zero-order valence-electron chi connectivity index (χ0n) is 50.3. The van der Waals surface area contributed by atoms with Crippen molar-refractivity contribution in [3.63, 3.8) is 0 Å². The van der Waals surface area contributed by atoms with E-state index in [1.165, 1.54) is 325 Å². The molecule has 0 nitrogen and oxygen atoms in total. The first-order valence-electron chi connectivity index (χ1n) is 46.8. The molecule has 90 atom stereocenters. The highest BCUT2D eigenvalue weighted by Crippen LogP contribution is 3.93. The standard InChI is InChI=1S/C94H40/c1-5-13-20-26-28-22-16-9-3-10-18-25-31-30-24-19-12-4-11-17-23-29-27-21-15-8-2-7-6(1)38-34-32-14(5)41(13)47(20)54(26)56(28)50(22)43(16)39(9,10)45(18)53(25)59(31)58(30)52(24)46(19)40(11,12)44(17)51(23)57(29)55(27)49(21)42(15)37(7,8)35-33-36(38)63-60(33)61(35,42)68(49)74(55)77(57)70(51)66(44,46)71(52)78(58)79(59)72(53)65(43,45)69(50)76(56)73(54)67(47)48(32,41)62(34)64(38,63)82-80(62,67)86(73)88(76)84(69,72)90(79)89(78)83(70,71)87(77)85(74)75(60,68)81(63,82)91(85)92(82,86)94(88,90)93(87,89)91/h5-36H,1-4H2. The highest BCUT2D eigenvalue weighted by Gasteiger charge is 3.89. The van der Waals surface area contributed by atoms with E-state index >= 15 is 0 Å². The Balaban J connectivity index is 0.659. The van der Waals surface area contributed by atoms with Gasteiger partial charge in [-0.15, -0.1) is 0 Å². The van der Waals surface area contributed by atoms with Crippen LogP contribution in [0.2, 0.25) is 0 Å². The Labute approximate surface area is 525 Å². The summed E-state index contributed by atoms with van der Waals surface area (Å²) >= 11 is 0. The molecular weight excluding hydrogens is 1130 g/mol. The van der Waals surface area contributed by atoms with Gasteiger partial charge >= 0.3 is 0 Å². The zero-order chi connectivity index (χ0) is 50.3. The maximum absolute atomic E-state index is 2.07. The SMILES string of the molecule is C1C2C3CC4C5C6C7C8C9C%10C%11CC%12C%13C%14C%15C%16C%17C%18C%19CC%20C%21C%22C%23C%24C%25C%26C1C21C2C%27C%28C3%29C3C%30C4C54C65C76C87C98C%109C%11%12C%13%10C%14%11C%15%12C%16%13C%17%14C%18%15C%20%19C%21%16C%22%17C%23%18C%24%19C%25%20C%261C21C%272C%28%21C%29%22C3%23C%304C53C64C75C86C9%10C%117C%128C%139C%14%10C%16%15C%17%11C%18%12C%19%13C%201C21C%212C%22%14C%233C43C54C67C85C96C%11%10C%127C%131C21C%143C45C761. The van der Waals surface area contributed by atoms with Crippen LogP contribution in [0.15, 0.2) is 0 Å². The maximum atomic E-state index is 2.07. The van der Waals surface area contributed by atoms with Crippen LogP contribution in [-0.2, 0) is 0 Å². The smallest absolute Gasteiger partial charge is 0.000000426 e. The predicted molar refractivity (Wildman–Crippen MR) is 284 cm³/mol. The van der Waals surface area contributed by atoms with Gasteiger partial charge in [0.05, 0.1) is 0 Å². The molecule has 416 valence electrons. The Morgan fingerprint density at radius 2 is 0.394 bits per heavy atom. The molecule has 58 spiro atoms. The Hall–Kier alpha value is 0. The minimum atomic E-state index is 1.07. The van der Waals surface area contributed by atoms with Crippen molar-refractivity contribution in [3.05, 3.63) is 86.6 Å².